The van der Waals surface area contributed by atoms with Crippen molar-refractivity contribution >= 4 is 12.2 Å². The van der Waals surface area contributed by atoms with Crippen LogP contribution in [0.4, 0.5) is 5.69 Å². The zero-order valence-corrected chi connectivity index (χ0v) is 16.0. The van der Waals surface area contributed by atoms with Crippen LogP contribution in [0, 0.1) is 5.92 Å². The van der Waals surface area contributed by atoms with Crippen LogP contribution in [0.5, 0.6) is 0 Å². The second-order valence-electron chi connectivity index (χ2n) is 8.36. The predicted molar refractivity (Wildman–Crippen MR) is 97.1 cm³/mol. The van der Waals surface area contributed by atoms with Gasteiger partial charge < -0.3 is 15.2 Å². The average Bonchev–Trinajstić information content (AvgIpc) is 2.73. The van der Waals surface area contributed by atoms with Gasteiger partial charge in [0.2, 0.25) is 0 Å². The predicted octanol–water partition coefficient (Wildman–Crippen LogP) is 3.82. The molecule has 136 valence electrons. The van der Waals surface area contributed by atoms with Gasteiger partial charge in [0.15, 0.2) is 0 Å². The van der Waals surface area contributed by atoms with E-state index in [9.17, 15) is 9.90 Å². The third-order valence-corrected chi connectivity index (χ3v) is 3.81. The van der Waals surface area contributed by atoms with E-state index in [1.807, 2.05) is 33.0 Å². The number of hydrogen-bond acceptors (Lipinski definition) is 5. The summed E-state index contributed by atoms with van der Waals surface area (Å²) in [5.41, 5.74) is 2.98. The normalized spacial score (nSPS) is 16.5. The molecule has 0 fully saturated rings. The number of nitrogens with zero attached hydrogens (tertiary/aromatic N) is 1. The van der Waals surface area contributed by atoms with Crippen LogP contribution in [0.1, 0.15) is 72.2 Å². The fourth-order valence-electron chi connectivity index (χ4n) is 2.46. The van der Waals surface area contributed by atoms with Crippen LogP contribution in [-0.4, -0.2) is 28.7 Å². The van der Waals surface area contributed by atoms with Gasteiger partial charge in [-0.1, -0.05) is 27.7 Å². The lowest BCUT2D eigenvalue weighted by molar-refractivity contribution is -0.138. The summed E-state index contributed by atoms with van der Waals surface area (Å²) in [6.45, 7) is 15.5. The largest absolute Gasteiger partial charge is 0.462 e. The van der Waals surface area contributed by atoms with Crippen molar-refractivity contribution in [1.82, 2.24) is 4.98 Å². The van der Waals surface area contributed by atoms with E-state index in [0.717, 1.165) is 24.3 Å². The van der Waals surface area contributed by atoms with Gasteiger partial charge in [-0.15, -0.1) is 0 Å². The molecule has 5 nitrogen and oxygen atoms in total. The van der Waals surface area contributed by atoms with Gasteiger partial charge in [-0.3, -0.25) is 9.78 Å². The van der Waals surface area contributed by atoms with E-state index in [1.54, 1.807) is 0 Å². The summed E-state index contributed by atoms with van der Waals surface area (Å²) in [5, 5.41) is 13.4. The first-order valence-electron chi connectivity index (χ1n) is 8.50. The van der Waals surface area contributed by atoms with Crippen molar-refractivity contribution in [2.45, 2.75) is 72.0 Å². The van der Waals surface area contributed by atoms with Gasteiger partial charge >= 0.3 is 0 Å². The fourth-order valence-corrected chi connectivity index (χ4v) is 2.46. The molecule has 1 aliphatic rings. The van der Waals surface area contributed by atoms with Crippen molar-refractivity contribution < 1.29 is 14.6 Å². The molecule has 1 aliphatic heterocycles. The van der Waals surface area contributed by atoms with Gasteiger partial charge in [-0.2, -0.15) is 0 Å². The number of nitrogens with one attached hydrogen (secondary N) is 1. The molecular formula is C19H32N2O3. The highest BCUT2D eigenvalue weighted by Gasteiger charge is 2.30. The SMILES string of the molecule is CC(C)(C)OC=O.CC(C)CC(O)c1cc2c(cn1)C(C)(C)CN2. The third-order valence-electron chi connectivity index (χ3n) is 3.81. The monoisotopic (exact) mass is 336 g/mol. The molecule has 2 heterocycles. The number of carbonyl (C=O) groups is 1. The Hall–Kier alpha value is -1.62. The Balaban J connectivity index is 0.000000351. The highest BCUT2D eigenvalue weighted by molar-refractivity contribution is 5.59. The van der Waals surface area contributed by atoms with Crippen molar-refractivity contribution in [3.8, 4) is 0 Å². The van der Waals surface area contributed by atoms with Gasteiger partial charge in [0.1, 0.15) is 5.60 Å². The molecule has 0 aliphatic carbocycles. The van der Waals surface area contributed by atoms with Crippen molar-refractivity contribution in [3.05, 3.63) is 23.5 Å². The van der Waals surface area contributed by atoms with Crippen LogP contribution in [0.25, 0.3) is 0 Å². The summed E-state index contributed by atoms with van der Waals surface area (Å²) in [4.78, 5) is 14.0. The molecule has 1 aromatic heterocycles. The maximum absolute atomic E-state index is 10.1. The van der Waals surface area contributed by atoms with Crippen LogP contribution in [0.15, 0.2) is 12.3 Å². The van der Waals surface area contributed by atoms with E-state index < -0.39 is 6.10 Å². The van der Waals surface area contributed by atoms with E-state index in [0.29, 0.717) is 12.4 Å². The number of carbonyl (C=O) groups excluding carboxylic acids is 1. The van der Waals surface area contributed by atoms with Gasteiger partial charge in [-0.25, -0.2) is 0 Å². The number of ether oxygens (including phenoxy) is 1. The Labute approximate surface area is 145 Å². The van der Waals surface area contributed by atoms with Crippen LogP contribution in [0.2, 0.25) is 0 Å². The summed E-state index contributed by atoms with van der Waals surface area (Å²) in [6, 6.07) is 2.00. The van der Waals surface area contributed by atoms with Crippen molar-refractivity contribution in [1.29, 1.82) is 0 Å². The van der Waals surface area contributed by atoms with Gasteiger partial charge in [0.25, 0.3) is 6.47 Å². The smallest absolute Gasteiger partial charge is 0.293 e. The van der Waals surface area contributed by atoms with Crippen LogP contribution < -0.4 is 5.32 Å². The first kappa shape index (κ1) is 20.4. The Morgan fingerprint density at radius 2 is 2.04 bits per heavy atom. The number of aliphatic hydroxyl groups excluding tert-OH is 1. The molecule has 0 saturated carbocycles. The molecule has 0 bridgehead atoms. The molecule has 0 amide bonds. The van der Waals surface area contributed by atoms with Crippen LogP contribution in [0.3, 0.4) is 0 Å². The van der Waals surface area contributed by atoms with E-state index in [1.165, 1.54) is 5.56 Å². The standard InChI is InChI=1S/C14H22N2O.C5H10O2/c1-9(2)5-13(17)12-6-11-10(7-15-12)14(3,4)8-16-11;1-5(2,3)7-4-6/h6-7,9,13,16-17H,5,8H2,1-4H3;4H,1-3H3. The van der Waals surface area contributed by atoms with Crippen molar-refractivity contribution in [2.24, 2.45) is 5.92 Å². The zero-order chi connectivity index (χ0) is 18.5. The molecule has 0 saturated heterocycles. The van der Waals surface area contributed by atoms with E-state index in [2.05, 4.69) is 42.7 Å². The summed E-state index contributed by atoms with van der Waals surface area (Å²) in [6.07, 6.45) is 2.22. The van der Waals surface area contributed by atoms with Crippen molar-refractivity contribution in [2.75, 3.05) is 11.9 Å². The lowest BCUT2D eigenvalue weighted by Crippen LogP contribution is -2.19. The number of fused-ring (bicyclic) bond motifs is 1. The van der Waals surface area contributed by atoms with Crippen molar-refractivity contribution in [3.63, 3.8) is 0 Å². The number of anilines is 1. The van der Waals surface area contributed by atoms with Crippen LogP contribution in [-0.2, 0) is 14.9 Å². The maximum atomic E-state index is 10.1. The van der Waals surface area contributed by atoms with E-state index >= 15 is 0 Å². The first-order chi connectivity index (χ1) is 11.0. The molecular weight excluding hydrogens is 304 g/mol. The quantitative estimate of drug-likeness (QED) is 0.818. The summed E-state index contributed by atoms with van der Waals surface area (Å²) < 4.78 is 4.55. The molecule has 5 heteroatoms. The Bertz CT molecular complexity index is 548. The molecule has 0 aromatic carbocycles. The molecule has 2 rings (SSSR count). The fraction of sp³-hybridized carbons (Fsp3) is 0.684. The van der Waals surface area contributed by atoms with Gasteiger partial charge in [-0.05, 0) is 39.2 Å². The molecule has 1 unspecified atom stereocenters. The maximum Gasteiger partial charge on any atom is 0.293 e. The van der Waals surface area contributed by atoms with E-state index in [-0.39, 0.29) is 11.0 Å². The third kappa shape index (κ3) is 6.11. The first-order valence-corrected chi connectivity index (χ1v) is 8.50. The summed E-state index contributed by atoms with van der Waals surface area (Å²) in [7, 11) is 0. The lowest BCUT2D eigenvalue weighted by atomic mass is 9.88. The number of aromatic nitrogens is 1. The minimum absolute atomic E-state index is 0.143. The molecule has 2 N–H and O–H groups in total. The second-order valence-corrected chi connectivity index (χ2v) is 8.36. The summed E-state index contributed by atoms with van der Waals surface area (Å²) in [5.74, 6) is 0.476. The highest BCUT2D eigenvalue weighted by Crippen LogP contribution is 2.36. The number of pyridine rings is 1. The average molecular weight is 336 g/mol. The molecule has 0 spiro atoms. The minimum Gasteiger partial charge on any atom is -0.462 e. The Morgan fingerprint density at radius 3 is 2.50 bits per heavy atom. The number of rotatable bonds is 4. The highest BCUT2D eigenvalue weighted by atomic mass is 16.5. The Kier molecular flexibility index (Phi) is 6.78. The minimum atomic E-state index is -0.453. The van der Waals surface area contributed by atoms with Gasteiger partial charge in [0, 0.05) is 29.4 Å². The lowest BCUT2D eigenvalue weighted by Gasteiger charge is -2.17. The van der Waals surface area contributed by atoms with Crippen LogP contribution >= 0.6 is 0 Å². The van der Waals surface area contributed by atoms with E-state index in [4.69, 9.17) is 0 Å². The molecule has 1 aromatic rings. The topological polar surface area (TPSA) is 71.5 Å². The molecule has 0 radical (unpaired) electrons. The summed E-state index contributed by atoms with van der Waals surface area (Å²) >= 11 is 0. The van der Waals surface area contributed by atoms with Gasteiger partial charge in [0.05, 0.1) is 11.8 Å². The zero-order valence-electron chi connectivity index (χ0n) is 16.0. The molecule has 1 atom stereocenters. The molecule has 24 heavy (non-hydrogen) atoms. The second kappa shape index (κ2) is 7.97. The number of aliphatic hydroxyl groups is 1. The number of hydrogen-bond donors (Lipinski definition) is 2. The Morgan fingerprint density at radius 1 is 1.42 bits per heavy atom.